The smallest absolute Gasteiger partial charge is 0.333 e. The normalized spacial score (nSPS) is 19.1. The number of carbonyl (C=O) groups excluding carboxylic acids is 1. The average Bonchev–Trinajstić information content (AvgIpc) is 2.80. The summed E-state index contributed by atoms with van der Waals surface area (Å²) in [5.41, 5.74) is 0.366. The summed E-state index contributed by atoms with van der Waals surface area (Å²) in [7, 11) is 2.75. The number of hydrogen-bond acceptors (Lipinski definition) is 6. The summed E-state index contributed by atoms with van der Waals surface area (Å²) < 4.78 is 1.94. The molecule has 178 valence electrons. The fourth-order valence-electron chi connectivity index (χ4n) is 4.22. The predicted octanol–water partition coefficient (Wildman–Crippen LogP) is 2.95. The minimum Gasteiger partial charge on any atom is -0.494 e. The fourth-order valence-corrected chi connectivity index (χ4v) is 5.12. The van der Waals surface area contributed by atoms with E-state index < -0.39 is 17.1 Å². The van der Waals surface area contributed by atoms with Gasteiger partial charge < -0.3 is 10.0 Å². The largest absolute Gasteiger partial charge is 0.494 e. The van der Waals surface area contributed by atoms with Crippen LogP contribution in [-0.2, 0) is 25.3 Å². The first-order valence-corrected chi connectivity index (χ1v) is 12.2. The second-order valence-corrected chi connectivity index (χ2v) is 9.52. The van der Waals surface area contributed by atoms with Crippen LogP contribution < -0.4 is 11.2 Å². The second-order valence-electron chi connectivity index (χ2n) is 8.56. The van der Waals surface area contributed by atoms with Gasteiger partial charge in [-0.25, -0.2) is 9.79 Å². The molecule has 0 spiro atoms. The molecule has 8 nitrogen and oxygen atoms in total. The van der Waals surface area contributed by atoms with Crippen LogP contribution in [0.4, 0.5) is 5.69 Å². The van der Waals surface area contributed by atoms with E-state index in [0.29, 0.717) is 5.69 Å². The van der Waals surface area contributed by atoms with Gasteiger partial charge in [0.05, 0.1) is 11.4 Å². The van der Waals surface area contributed by atoms with Crippen LogP contribution in [0.3, 0.4) is 0 Å². The van der Waals surface area contributed by atoms with Gasteiger partial charge in [-0.1, -0.05) is 30.8 Å². The number of carbonyl (C=O) groups is 1. The van der Waals surface area contributed by atoms with E-state index in [-0.39, 0.29) is 34.4 Å². The SMILES string of the molecule is CCc1ccc(N=C(SCC(=O)N2[C@H](C)CCC[C@@H]2C)c2c(O)n(C)c(=O)n(C)c2=O)cc1. The summed E-state index contributed by atoms with van der Waals surface area (Å²) in [6.45, 7) is 6.16. The summed E-state index contributed by atoms with van der Waals surface area (Å²) >= 11 is 1.11. The van der Waals surface area contributed by atoms with E-state index in [1.54, 1.807) is 0 Å². The zero-order valence-electron chi connectivity index (χ0n) is 19.9. The Balaban J connectivity index is 2.02. The molecule has 2 atom stereocenters. The first-order chi connectivity index (χ1) is 15.6. The van der Waals surface area contributed by atoms with Crippen molar-refractivity contribution in [2.75, 3.05) is 5.75 Å². The maximum absolute atomic E-state index is 13.1. The lowest BCUT2D eigenvalue weighted by molar-refractivity contribution is -0.134. The minimum absolute atomic E-state index is 0.0325. The van der Waals surface area contributed by atoms with Crippen LogP contribution in [0.2, 0.25) is 0 Å². The number of amides is 1. The number of likely N-dealkylation sites (tertiary alicyclic amines) is 1. The van der Waals surface area contributed by atoms with E-state index in [1.165, 1.54) is 14.1 Å². The van der Waals surface area contributed by atoms with Gasteiger partial charge in [0, 0.05) is 26.2 Å². The number of rotatable bonds is 5. The number of thioether (sulfide) groups is 1. The van der Waals surface area contributed by atoms with Crippen LogP contribution in [0, 0.1) is 0 Å². The van der Waals surface area contributed by atoms with Crippen molar-refractivity contribution in [2.24, 2.45) is 19.1 Å². The number of aromatic nitrogens is 2. The highest BCUT2D eigenvalue weighted by molar-refractivity contribution is 8.15. The highest BCUT2D eigenvalue weighted by Crippen LogP contribution is 2.27. The van der Waals surface area contributed by atoms with E-state index >= 15 is 0 Å². The van der Waals surface area contributed by atoms with Gasteiger partial charge >= 0.3 is 5.69 Å². The highest BCUT2D eigenvalue weighted by Gasteiger charge is 2.30. The summed E-state index contributed by atoms with van der Waals surface area (Å²) in [6.07, 6.45) is 3.91. The Kier molecular flexibility index (Phi) is 7.84. The molecule has 3 rings (SSSR count). The van der Waals surface area contributed by atoms with Gasteiger partial charge in [0.25, 0.3) is 5.56 Å². The van der Waals surface area contributed by atoms with Crippen molar-refractivity contribution in [1.29, 1.82) is 0 Å². The minimum atomic E-state index is -0.654. The van der Waals surface area contributed by atoms with E-state index in [0.717, 1.165) is 52.1 Å². The summed E-state index contributed by atoms with van der Waals surface area (Å²) in [5.74, 6) is -0.423. The molecule has 2 heterocycles. The quantitative estimate of drug-likeness (QED) is 0.533. The van der Waals surface area contributed by atoms with Crippen molar-refractivity contribution in [3.05, 3.63) is 56.2 Å². The third-order valence-corrected chi connectivity index (χ3v) is 7.20. The standard InChI is InChI=1S/C24H32N4O4S/c1-6-17-10-12-18(13-11-17)25-21(20-22(30)26(4)24(32)27(5)23(20)31)33-14-19(29)28-15(2)8-7-9-16(28)3/h10-13,15-16,30H,6-9,14H2,1-5H3/t15-,16+. The summed E-state index contributed by atoms with van der Waals surface area (Å²) in [5, 5.41) is 10.9. The molecule has 0 radical (unpaired) electrons. The number of benzene rings is 1. The third kappa shape index (κ3) is 5.24. The number of nitrogens with zero attached hydrogens (tertiary/aromatic N) is 4. The summed E-state index contributed by atoms with van der Waals surface area (Å²) in [6, 6.07) is 7.87. The monoisotopic (exact) mass is 472 g/mol. The van der Waals surface area contributed by atoms with Gasteiger partial charge in [0.1, 0.15) is 10.6 Å². The predicted molar refractivity (Wildman–Crippen MR) is 133 cm³/mol. The van der Waals surface area contributed by atoms with Gasteiger partial charge in [-0.2, -0.15) is 0 Å². The van der Waals surface area contributed by atoms with Gasteiger partial charge in [0.15, 0.2) is 0 Å². The fraction of sp³-hybridized carbons (Fsp3) is 0.500. The molecule has 2 aromatic rings. The van der Waals surface area contributed by atoms with E-state index in [9.17, 15) is 19.5 Å². The Morgan fingerprint density at radius 2 is 1.70 bits per heavy atom. The number of aliphatic imine (C=N–C) groups is 1. The van der Waals surface area contributed by atoms with Crippen LogP contribution >= 0.6 is 11.8 Å². The number of aryl methyl sites for hydroxylation is 1. The maximum Gasteiger partial charge on any atom is 0.333 e. The van der Waals surface area contributed by atoms with Crippen molar-refractivity contribution in [2.45, 2.75) is 58.5 Å². The Morgan fingerprint density at radius 3 is 2.27 bits per heavy atom. The Labute approximate surface area is 198 Å². The molecule has 1 aliphatic rings. The molecule has 33 heavy (non-hydrogen) atoms. The van der Waals surface area contributed by atoms with Gasteiger partial charge in [-0.3, -0.25) is 18.7 Å². The number of aromatic hydroxyl groups is 1. The Hall–Kier alpha value is -2.81. The molecule has 1 saturated heterocycles. The zero-order chi connectivity index (χ0) is 24.3. The lowest BCUT2D eigenvalue weighted by Crippen LogP contribution is -2.48. The molecular weight excluding hydrogens is 440 g/mol. The first-order valence-electron chi connectivity index (χ1n) is 11.3. The van der Waals surface area contributed by atoms with Gasteiger partial charge in [-0.05, 0) is 57.2 Å². The third-order valence-electron chi connectivity index (χ3n) is 6.24. The van der Waals surface area contributed by atoms with Crippen LogP contribution in [-0.4, -0.2) is 47.9 Å². The van der Waals surface area contributed by atoms with Crippen LogP contribution in [0.15, 0.2) is 38.8 Å². The maximum atomic E-state index is 13.1. The van der Waals surface area contributed by atoms with E-state index in [4.69, 9.17) is 0 Å². The highest BCUT2D eigenvalue weighted by atomic mass is 32.2. The molecule has 1 N–H and O–H groups in total. The molecule has 0 unspecified atom stereocenters. The van der Waals surface area contributed by atoms with E-state index in [1.807, 2.05) is 29.2 Å². The molecule has 0 aliphatic carbocycles. The zero-order valence-corrected chi connectivity index (χ0v) is 20.7. The lowest BCUT2D eigenvalue weighted by atomic mass is 9.98. The van der Waals surface area contributed by atoms with Crippen molar-refractivity contribution < 1.29 is 9.90 Å². The molecule has 1 aromatic heterocycles. The lowest BCUT2D eigenvalue weighted by Gasteiger charge is -2.39. The molecule has 0 bridgehead atoms. The Morgan fingerprint density at radius 1 is 1.09 bits per heavy atom. The van der Waals surface area contributed by atoms with Crippen LogP contribution in [0.25, 0.3) is 0 Å². The average molecular weight is 473 g/mol. The second kappa shape index (κ2) is 10.4. The molecule has 0 saturated carbocycles. The topological polar surface area (TPSA) is 96.9 Å². The first kappa shape index (κ1) is 24.8. The van der Waals surface area contributed by atoms with E-state index in [2.05, 4.69) is 25.8 Å². The van der Waals surface area contributed by atoms with Crippen LogP contribution in [0.5, 0.6) is 5.88 Å². The molecular formula is C24H32N4O4S. The molecule has 1 aromatic carbocycles. The Bertz CT molecular complexity index is 1160. The van der Waals surface area contributed by atoms with Crippen molar-refractivity contribution in [3.8, 4) is 5.88 Å². The molecule has 9 heteroatoms. The molecule has 1 fully saturated rings. The van der Waals surface area contributed by atoms with Gasteiger partial charge in [0.2, 0.25) is 11.8 Å². The van der Waals surface area contributed by atoms with Crippen molar-refractivity contribution in [1.82, 2.24) is 14.0 Å². The van der Waals surface area contributed by atoms with Gasteiger partial charge in [-0.15, -0.1) is 0 Å². The number of piperidine rings is 1. The molecule has 1 aliphatic heterocycles. The van der Waals surface area contributed by atoms with Crippen molar-refractivity contribution >= 4 is 28.4 Å². The van der Waals surface area contributed by atoms with Crippen molar-refractivity contribution in [3.63, 3.8) is 0 Å². The van der Waals surface area contributed by atoms with Crippen LogP contribution in [0.1, 0.15) is 51.2 Å². The summed E-state index contributed by atoms with van der Waals surface area (Å²) in [4.78, 5) is 44.8. The molecule has 1 amide bonds. The number of hydrogen-bond donors (Lipinski definition) is 1.